The quantitative estimate of drug-likeness (QED) is 0.818. The van der Waals surface area contributed by atoms with Crippen molar-refractivity contribution in [3.63, 3.8) is 0 Å². The van der Waals surface area contributed by atoms with E-state index in [-0.39, 0.29) is 22.8 Å². The number of nitrogen functional groups attached to an aromatic ring is 1. The second-order valence-electron chi connectivity index (χ2n) is 3.62. The van der Waals surface area contributed by atoms with Crippen LogP contribution in [-0.2, 0) is 0 Å². The molecule has 1 aromatic heterocycles. The predicted molar refractivity (Wildman–Crippen MR) is 63.0 cm³/mol. The molecular formula is C12H7F3N4. The molecule has 2 aromatic rings. The summed E-state index contributed by atoms with van der Waals surface area (Å²) >= 11 is 0. The van der Waals surface area contributed by atoms with Crippen LogP contribution in [0.1, 0.15) is 5.56 Å². The normalized spacial score (nSPS) is 10.0. The summed E-state index contributed by atoms with van der Waals surface area (Å²) in [4.78, 5) is 3.80. The third-order valence-corrected chi connectivity index (χ3v) is 2.33. The first-order chi connectivity index (χ1) is 9.02. The summed E-state index contributed by atoms with van der Waals surface area (Å²) in [7, 11) is 0. The van der Waals surface area contributed by atoms with E-state index in [9.17, 15) is 13.2 Å². The number of anilines is 3. The monoisotopic (exact) mass is 264 g/mol. The molecular weight excluding hydrogens is 257 g/mol. The number of benzene rings is 1. The molecule has 0 fully saturated rings. The fraction of sp³-hybridized carbons (Fsp3) is 0. The number of nitrogens with one attached hydrogen (secondary N) is 1. The van der Waals surface area contributed by atoms with Gasteiger partial charge in [-0.2, -0.15) is 5.26 Å². The van der Waals surface area contributed by atoms with Crippen molar-refractivity contribution in [2.75, 3.05) is 11.1 Å². The van der Waals surface area contributed by atoms with E-state index in [1.807, 2.05) is 6.07 Å². The standard InChI is InChI=1S/C12H7F3N4/c13-7-1-2-9(11(15)10(7)14)19-12-8(17)3-6(4-16)5-18-12/h1-3,5H,17H2,(H,18,19). The molecule has 0 atom stereocenters. The first kappa shape index (κ1) is 12.7. The predicted octanol–water partition coefficient (Wildman–Crippen LogP) is 2.70. The second kappa shape index (κ2) is 4.86. The van der Waals surface area contributed by atoms with Crippen LogP contribution >= 0.6 is 0 Å². The van der Waals surface area contributed by atoms with E-state index in [2.05, 4.69) is 10.3 Å². The average Bonchev–Trinajstić information content (AvgIpc) is 2.41. The van der Waals surface area contributed by atoms with Gasteiger partial charge < -0.3 is 11.1 Å². The SMILES string of the molecule is N#Cc1cnc(Nc2ccc(F)c(F)c2F)c(N)c1. The van der Waals surface area contributed by atoms with E-state index in [1.54, 1.807) is 0 Å². The Bertz CT molecular complexity index is 679. The van der Waals surface area contributed by atoms with Gasteiger partial charge in [0, 0.05) is 6.20 Å². The number of pyridine rings is 1. The second-order valence-corrected chi connectivity index (χ2v) is 3.62. The van der Waals surface area contributed by atoms with Crippen LogP contribution in [0.4, 0.5) is 30.4 Å². The lowest BCUT2D eigenvalue weighted by Crippen LogP contribution is -2.03. The largest absolute Gasteiger partial charge is 0.396 e. The van der Waals surface area contributed by atoms with Crippen LogP contribution < -0.4 is 11.1 Å². The van der Waals surface area contributed by atoms with E-state index >= 15 is 0 Å². The summed E-state index contributed by atoms with van der Waals surface area (Å²) in [6, 6.07) is 4.96. The van der Waals surface area contributed by atoms with Gasteiger partial charge in [-0.1, -0.05) is 0 Å². The Labute approximate surface area is 106 Å². The number of halogens is 3. The van der Waals surface area contributed by atoms with Crippen molar-refractivity contribution < 1.29 is 13.2 Å². The molecule has 0 bridgehead atoms. The lowest BCUT2D eigenvalue weighted by Gasteiger charge is -2.09. The van der Waals surface area contributed by atoms with Crippen LogP contribution in [0.5, 0.6) is 0 Å². The van der Waals surface area contributed by atoms with Gasteiger partial charge >= 0.3 is 0 Å². The molecule has 19 heavy (non-hydrogen) atoms. The summed E-state index contributed by atoms with van der Waals surface area (Å²) in [6.45, 7) is 0. The highest BCUT2D eigenvalue weighted by atomic mass is 19.2. The van der Waals surface area contributed by atoms with E-state index in [1.165, 1.54) is 12.3 Å². The van der Waals surface area contributed by atoms with Crippen molar-refractivity contribution in [2.24, 2.45) is 0 Å². The highest BCUT2D eigenvalue weighted by Gasteiger charge is 2.14. The van der Waals surface area contributed by atoms with Gasteiger partial charge in [-0.25, -0.2) is 18.2 Å². The van der Waals surface area contributed by atoms with Crippen LogP contribution in [0.2, 0.25) is 0 Å². The molecule has 0 aliphatic heterocycles. The Morgan fingerprint density at radius 1 is 1.21 bits per heavy atom. The molecule has 0 radical (unpaired) electrons. The van der Waals surface area contributed by atoms with Gasteiger partial charge in [0.1, 0.15) is 6.07 Å². The van der Waals surface area contributed by atoms with Gasteiger partial charge in [0.05, 0.1) is 16.9 Å². The number of nitrogens with two attached hydrogens (primary N) is 1. The van der Waals surface area contributed by atoms with Gasteiger partial charge in [-0.15, -0.1) is 0 Å². The molecule has 1 heterocycles. The minimum atomic E-state index is -1.59. The average molecular weight is 264 g/mol. The van der Waals surface area contributed by atoms with E-state index in [4.69, 9.17) is 11.0 Å². The molecule has 4 nitrogen and oxygen atoms in total. The van der Waals surface area contributed by atoms with E-state index < -0.39 is 17.5 Å². The Morgan fingerprint density at radius 2 is 1.95 bits per heavy atom. The summed E-state index contributed by atoms with van der Waals surface area (Å²) in [5.41, 5.74) is 5.61. The fourth-order valence-corrected chi connectivity index (χ4v) is 1.40. The van der Waals surface area contributed by atoms with Crippen LogP contribution in [0.3, 0.4) is 0 Å². The molecule has 96 valence electrons. The Morgan fingerprint density at radius 3 is 2.58 bits per heavy atom. The third kappa shape index (κ3) is 2.42. The maximum absolute atomic E-state index is 13.4. The minimum Gasteiger partial charge on any atom is -0.396 e. The van der Waals surface area contributed by atoms with Crippen molar-refractivity contribution in [3.05, 3.63) is 47.4 Å². The van der Waals surface area contributed by atoms with Crippen LogP contribution in [0.25, 0.3) is 0 Å². The number of rotatable bonds is 2. The maximum Gasteiger partial charge on any atom is 0.196 e. The first-order valence-corrected chi connectivity index (χ1v) is 5.09. The molecule has 1 aromatic carbocycles. The highest BCUT2D eigenvalue weighted by Crippen LogP contribution is 2.25. The zero-order chi connectivity index (χ0) is 14.0. The van der Waals surface area contributed by atoms with Gasteiger partial charge in [-0.05, 0) is 18.2 Å². The van der Waals surface area contributed by atoms with Crippen LogP contribution in [0, 0.1) is 28.8 Å². The number of hydrogen-bond acceptors (Lipinski definition) is 4. The Kier molecular flexibility index (Phi) is 3.25. The van der Waals surface area contributed by atoms with Crippen molar-refractivity contribution in [1.82, 2.24) is 4.98 Å². The summed E-state index contributed by atoms with van der Waals surface area (Å²) in [6.07, 6.45) is 1.22. The van der Waals surface area contributed by atoms with Gasteiger partial charge in [0.15, 0.2) is 23.3 Å². The number of aromatic nitrogens is 1. The highest BCUT2D eigenvalue weighted by molar-refractivity contribution is 5.69. The topological polar surface area (TPSA) is 74.7 Å². The van der Waals surface area contributed by atoms with Crippen molar-refractivity contribution in [1.29, 1.82) is 5.26 Å². The molecule has 0 spiro atoms. The minimum absolute atomic E-state index is 0.0453. The maximum atomic E-state index is 13.4. The molecule has 0 aliphatic carbocycles. The van der Waals surface area contributed by atoms with Crippen LogP contribution in [0.15, 0.2) is 24.4 Å². The number of nitriles is 1. The fourth-order valence-electron chi connectivity index (χ4n) is 1.40. The molecule has 0 unspecified atom stereocenters. The Hall–Kier alpha value is -2.75. The molecule has 7 heteroatoms. The Balaban J connectivity index is 2.37. The smallest absolute Gasteiger partial charge is 0.196 e. The number of nitrogens with zero attached hydrogens (tertiary/aromatic N) is 2. The molecule has 0 saturated heterocycles. The van der Waals surface area contributed by atoms with Gasteiger partial charge in [0.2, 0.25) is 0 Å². The zero-order valence-corrected chi connectivity index (χ0v) is 9.42. The van der Waals surface area contributed by atoms with Crippen molar-refractivity contribution in [3.8, 4) is 6.07 Å². The van der Waals surface area contributed by atoms with Crippen LogP contribution in [-0.4, -0.2) is 4.98 Å². The zero-order valence-electron chi connectivity index (χ0n) is 9.42. The van der Waals surface area contributed by atoms with E-state index in [0.29, 0.717) is 0 Å². The summed E-state index contributed by atoms with van der Waals surface area (Å²) in [5.74, 6) is -4.20. The lowest BCUT2D eigenvalue weighted by molar-refractivity contribution is 0.449. The lowest BCUT2D eigenvalue weighted by atomic mass is 10.2. The molecule has 0 aliphatic rings. The molecule has 0 saturated carbocycles. The molecule has 2 rings (SSSR count). The summed E-state index contributed by atoms with van der Waals surface area (Å²) in [5, 5.41) is 11.1. The van der Waals surface area contributed by atoms with Crippen molar-refractivity contribution >= 4 is 17.2 Å². The van der Waals surface area contributed by atoms with Gasteiger partial charge in [-0.3, -0.25) is 0 Å². The number of hydrogen-bond donors (Lipinski definition) is 2. The summed E-state index contributed by atoms with van der Waals surface area (Å²) < 4.78 is 39.2. The third-order valence-electron chi connectivity index (χ3n) is 2.33. The molecule has 3 N–H and O–H groups in total. The van der Waals surface area contributed by atoms with E-state index in [0.717, 1.165) is 12.1 Å². The van der Waals surface area contributed by atoms with Gasteiger partial charge in [0.25, 0.3) is 0 Å². The molecule has 0 amide bonds. The first-order valence-electron chi connectivity index (χ1n) is 5.09. The van der Waals surface area contributed by atoms with Crippen molar-refractivity contribution in [2.45, 2.75) is 0 Å².